The second-order valence-corrected chi connectivity index (χ2v) is 5.63. The molecule has 9 nitrogen and oxygen atoms in total. The van der Waals surface area contributed by atoms with Gasteiger partial charge in [-0.15, -0.1) is 0 Å². The number of hydrogen-bond donors (Lipinski definition) is 1. The molecule has 1 atom stereocenters. The molecular weight excluding hydrogens is 333 g/mol. The smallest absolute Gasteiger partial charge is 0.377 e. The van der Waals surface area contributed by atoms with Crippen molar-refractivity contribution in [1.29, 1.82) is 0 Å². The van der Waals surface area contributed by atoms with Gasteiger partial charge in [-0.05, 0) is 0 Å². The lowest BCUT2D eigenvalue weighted by Crippen LogP contribution is -2.53. The Morgan fingerprint density at radius 3 is 2.87 bits per heavy atom. The Balaban J connectivity index is 2.10. The van der Waals surface area contributed by atoms with E-state index < -0.39 is 28.2 Å². The summed E-state index contributed by atoms with van der Waals surface area (Å²) in [4.78, 5) is 28.8. The van der Waals surface area contributed by atoms with Crippen LogP contribution in [0.15, 0.2) is 18.5 Å². The lowest BCUT2D eigenvalue weighted by molar-refractivity contribution is -0.144. The maximum Gasteiger partial charge on any atom is 0.488 e. The van der Waals surface area contributed by atoms with Crippen LogP contribution < -0.4 is 9.50 Å². The second-order valence-electron chi connectivity index (χ2n) is 4.68. The van der Waals surface area contributed by atoms with Crippen molar-refractivity contribution in [2.24, 2.45) is 0 Å². The largest absolute Gasteiger partial charge is 0.488 e. The Labute approximate surface area is 131 Å². The molecule has 1 saturated heterocycles. The summed E-state index contributed by atoms with van der Waals surface area (Å²) >= 11 is 0. The quantitative estimate of drug-likeness (QED) is 0.754. The molecule has 1 unspecified atom stereocenters. The predicted octanol–water partition coefficient (Wildman–Crippen LogP) is -0.139. The van der Waals surface area contributed by atoms with Crippen LogP contribution in [-0.4, -0.2) is 55.9 Å². The molecular formula is C12H14FN3O6S. The molecule has 0 spiro atoms. The molecule has 0 aliphatic carbocycles. The van der Waals surface area contributed by atoms with Gasteiger partial charge in [-0.3, -0.25) is 14.6 Å². The molecule has 2 amide bonds. The lowest BCUT2D eigenvalue weighted by atomic mass is 10.2. The van der Waals surface area contributed by atoms with Gasteiger partial charge in [0.15, 0.2) is 5.75 Å². The van der Waals surface area contributed by atoms with E-state index in [-0.39, 0.29) is 24.7 Å². The lowest BCUT2D eigenvalue weighted by Gasteiger charge is -2.33. The summed E-state index contributed by atoms with van der Waals surface area (Å²) in [6, 6.07) is 0.264. The minimum Gasteiger partial charge on any atom is -0.377 e. The first-order chi connectivity index (χ1) is 10.8. The van der Waals surface area contributed by atoms with E-state index in [2.05, 4.69) is 14.5 Å². The molecule has 1 aliphatic rings. The second kappa shape index (κ2) is 6.87. The van der Waals surface area contributed by atoms with E-state index >= 15 is 0 Å². The zero-order valence-electron chi connectivity index (χ0n) is 12.1. The molecule has 0 aromatic carbocycles. The number of hydrogen-bond acceptors (Lipinski definition) is 7. The third kappa shape index (κ3) is 4.86. The minimum absolute atomic E-state index is 0.0356. The van der Waals surface area contributed by atoms with E-state index in [4.69, 9.17) is 4.74 Å². The maximum absolute atomic E-state index is 12.5. The Bertz CT molecular complexity index is 711. The number of anilines is 1. The Morgan fingerprint density at radius 2 is 2.22 bits per heavy atom. The fourth-order valence-electron chi connectivity index (χ4n) is 2.07. The first-order valence-electron chi connectivity index (χ1n) is 6.51. The zero-order chi connectivity index (χ0) is 17.0. The van der Waals surface area contributed by atoms with E-state index in [9.17, 15) is 21.9 Å². The van der Waals surface area contributed by atoms with Crippen LogP contribution in [0.4, 0.5) is 9.57 Å². The number of nitrogens with zero attached hydrogens (tertiary/aromatic N) is 2. The van der Waals surface area contributed by atoms with E-state index in [1.165, 1.54) is 18.0 Å². The summed E-state index contributed by atoms with van der Waals surface area (Å²) < 4.78 is 42.6. The number of carbonyl (C=O) groups is 2. The van der Waals surface area contributed by atoms with Crippen molar-refractivity contribution in [3.05, 3.63) is 18.5 Å². The summed E-state index contributed by atoms with van der Waals surface area (Å²) in [7, 11) is -5.19. The van der Waals surface area contributed by atoms with E-state index in [1.54, 1.807) is 0 Å². The molecule has 126 valence electrons. The average molecular weight is 347 g/mol. The zero-order valence-corrected chi connectivity index (χ0v) is 12.9. The standard InChI is InChI=1S/C12H14FN3O6S/c1-8(17)16-2-3-21-7-11(16)12(18)15-9-4-10(6-14-5-9)22-23(13,19)20/h4-6,11H,2-3,7H2,1H3,(H,15,18). The third-order valence-corrected chi connectivity index (χ3v) is 3.40. The number of pyridine rings is 1. The molecule has 1 fully saturated rings. The van der Waals surface area contributed by atoms with E-state index in [0.717, 1.165) is 12.3 Å². The molecule has 1 aliphatic heterocycles. The van der Waals surface area contributed by atoms with E-state index in [1.807, 2.05) is 0 Å². The first kappa shape index (κ1) is 17.1. The highest BCUT2D eigenvalue weighted by Crippen LogP contribution is 2.18. The van der Waals surface area contributed by atoms with Crippen LogP contribution in [0.5, 0.6) is 5.75 Å². The van der Waals surface area contributed by atoms with Gasteiger partial charge in [0.2, 0.25) is 11.8 Å². The highest BCUT2D eigenvalue weighted by molar-refractivity contribution is 7.81. The molecule has 1 aromatic rings. The van der Waals surface area contributed by atoms with Crippen molar-refractivity contribution < 1.29 is 30.8 Å². The topological polar surface area (TPSA) is 115 Å². The van der Waals surface area contributed by atoms with Crippen LogP contribution in [0.25, 0.3) is 0 Å². The van der Waals surface area contributed by atoms with Crippen molar-refractivity contribution in [3.63, 3.8) is 0 Å². The van der Waals surface area contributed by atoms with Crippen LogP contribution in [0.3, 0.4) is 0 Å². The predicted molar refractivity (Wildman–Crippen MR) is 75.5 cm³/mol. The van der Waals surface area contributed by atoms with E-state index in [0.29, 0.717) is 6.61 Å². The number of amides is 2. The molecule has 0 bridgehead atoms. The van der Waals surface area contributed by atoms with Gasteiger partial charge in [0.05, 0.1) is 31.3 Å². The summed E-state index contributed by atoms with van der Waals surface area (Å²) in [5.74, 6) is -1.21. The van der Waals surface area contributed by atoms with Gasteiger partial charge in [0.25, 0.3) is 0 Å². The van der Waals surface area contributed by atoms with Gasteiger partial charge in [-0.2, -0.15) is 8.42 Å². The fourth-order valence-corrected chi connectivity index (χ4v) is 2.39. The third-order valence-electron chi connectivity index (χ3n) is 3.01. The first-order valence-corrected chi connectivity index (χ1v) is 7.82. The summed E-state index contributed by atoms with van der Waals surface area (Å²) in [6.45, 7) is 2.00. The molecule has 0 saturated carbocycles. The number of ether oxygens (including phenoxy) is 1. The van der Waals surface area contributed by atoms with Crippen molar-refractivity contribution in [2.75, 3.05) is 25.1 Å². The molecule has 2 rings (SSSR count). The number of carbonyl (C=O) groups excluding carboxylic acids is 2. The minimum atomic E-state index is -5.19. The highest BCUT2D eigenvalue weighted by Gasteiger charge is 2.31. The Morgan fingerprint density at radius 1 is 1.48 bits per heavy atom. The van der Waals surface area contributed by atoms with Gasteiger partial charge in [-0.25, -0.2) is 0 Å². The number of halogens is 1. The van der Waals surface area contributed by atoms with Gasteiger partial charge >= 0.3 is 10.5 Å². The van der Waals surface area contributed by atoms with Gasteiger partial charge in [0, 0.05) is 19.5 Å². The van der Waals surface area contributed by atoms with Crippen molar-refractivity contribution >= 4 is 28.0 Å². The van der Waals surface area contributed by atoms with Crippen molar-refractivity contribution in [1.82, 2.24) is 9.88 Å². The van der Waals surface area contributed by atoms with Crippen LogP contribution in [0.2, 0.25) is 0 Å². The van der Waals surface area contributed by atoms with Crippen LogP contribution in [0.1, 0.15) is 6.92 Å². The van der Waals surface area contributed by atoms with Gasteiger partial charge in [-0.1, -0.05) is 3.89 Å². The molecule has 1 N–H and O–H groups in total. The van der Waals surface area contributed by atoms with Crippen molar-refractivity contribution in [2.45, 2.75) is 13.0 Å². The number of rotatable bonds is 4. The summed E-state index contributed by atoms with van der Waals surface area (Å²) in [5, 5.41) is 2.45. The average Bonchev–Trinajstić information content (AvgIpc) is 2.45. The number of nitrogens with one attached hydrogen (secondary N) is 1. The SMILES string of the molecule is CC(=O)N1CCOCC1C(=O)Nc1cncc(OS(=O)(=O)F)c1. The van der Waals surface area contributed by atoms with Gasteiger partial charge < -0.3 is 19.1 Å². The van der Waals surface area contributed by atoms with Crippen LogP contribution in [0, 0.1) is 0 Å². The molecule has 0 radical (unpaired) electrons. The summed E-state index contributed by atoms with van der Waals surface area (Å²) in [5.41, 5.74) is 0.0882. The van der Waals surface area contributed by atoms with Crippen LogP contribution >= 0.6 is 0 Å². The monoisotopic (exact) mass is 347 g/mol. The van der Waals surface area contributed by atoms with Gasteiger partial charge in [0.1, 0.15) is 6.04 Å². The molecule has 11 heteroatoms. The highest BCUT2D eigenvalue weighted by atomic mass is 32.3. The molecule has 23 heavy (non-hydrogen) atoms. The molecule has 1 aromatic heterocycles. The Kier molecular flexibility index (Phi) is 5.11. The molecule has 2 heterocycles. The number of morpholine rings is 1. The summed E-state index contributed by atoms with van der Waals surface area (Å²) in [6.07, 6.45) is 2.19. The Hall–Kier alpha value is -2.27. The fraction of sp³-hybridized carbons (Fsp3) is 0.417. The van der Waals surface area contributed by atoms with Crippen LogP contribution in [-0.2, 0) is 24.8 Å². The van der Waals surface area contributed by atoms with Crippen molar-refractivity contribution in [3.8, 4) is 5.75 Å². The normalized spacial score (nSPS) is 18.3. The number of aromatic nitrogens is 1. The maximum atomic E-state index is 12.5.